The average Bonchev–Trinajstić information content (AvgIpc) is 2.99. The van der Waals surface area contributed by atoms with Crippen LogP contribution >= 0.6 is 15.9 Å². The predicted molar refractivity (Wildman–Crippen MR) is 117 cm³/mol. The minimum atomic E-state index is -3.57. The van der Waals surface area contributed by atoms with Gasteiger partial charge in [-0.25, -0.2) is 8.42 Å². The van der Waals surface area contributed by atoms with E-state index in [4.69, 9.17) is 9.47 Å². The van der Waals surface area contributed by atoms with Crippen molar-refractivity contribution in [3.8, 4) is 11.5 Å². The number of halogens is 1. The standard InChI is InChI=1S/C20H22BrN3O5S/c1-28-16-11-13(15(21)12-17(16)29-2)7-9-22-19(25)8-10-23-20-14-5-3-4-6-18(14)30(26,27)24-20/h3-6,11-12H,7-10H2,1-2H3,(H,22,25)(H,23,24). The number of hydrogen-bond acceptors (Lipinski definition) is 6. The summed E-state index contributed by atoms with van der Waals surface area (Å²) in [7, 11) is -0.427. The number of nitrogens with zero attached hydrogens (tertiary/aromatic N) is 1. The van der Waals surface area contributed by atoms with Crippen LogP contribution in [0.5, 0.6) is 11.5 Å². The van der Waals surface area contributed by atoms with E-state index in [1.54, 1.807) is 32.4 Å². The topological polar surface area (TPSA) is 106 Å². The number of nitrogens with one attached hydrogen (secondary N) is 2. The van der Waals surface area contributed by atoms with E-state index in [0.29, 0.717) is 30.0 Å². The van der Waals surface area contributed by atoms with E-state index in [2.05, 4.69) is 31.0 Å². The Hall–Kier alpha value is -2.59. The van der Waals surface area contributed by atoms with Crippen LogP contribution in [0.15, 0.2) is 50.8 Å². The Kier molecular flexibility index (Phi) is 6.99. The third kappa shape index (κ3) is 4.93. The van der Waals surface area contributed by atoms with Crippen LogP contribution in [-0.4, -0.2) is 47.5 Å². The zero-order chi connectivity index (χ0) is 21.7. The highest BCUT2D eigenvalue weighted by molar-refractivity contribution is 9.10. The number of benzene rings is 2. The highest BCUT2D eigenvalue weighted by Gasteiger charge is 2.29. The van der Waals surface area contributed by atoms with E-state index in [1.165, 1.54) is 6.07 Å². The average molecular weight is 496 g/mol. The van der Waals surface area contributed by atoms with Gasteiger partial charge in [-0.3, -0.25) is 14.5 Å². The molecule has 8 nitrogen and oxygen atoms in total. The number of amides is 1. The fourth-order valence-electron chi connectivity index (χ4n) is 3.03. The Morgan fingerprint density at radius 1 is 1.17 bits per heavy atom. The fourth-order valence-corrected chi connectivity index (χ4v) is 4.80. The van der Waals surface area contributed by atoms with E-state index < -0.39 is 10.0 Å². The van der Waals surface area contributed by atoms with Gasteiger partial charge < -0.3 is 14.8 Å². The van der Waals surface area contributed by atoms with Crippen LogP contribution in [0.2, 0.25) is 0 Å². The van der Waals surface area contributed by atoms with Gasteiger partial charge in [0.05, 0.1) is 25.7 Å². The molecular weight excluding hydrogens is 474 g/mol. The predicted octanol–water partition coefficient (Wildman–Crippen LogP) is 2.25. The Morgan fingerprint density at radius 3 is 2.60 bits per heavy atom. The third-order valence-electron chi connectivity index (χ3n) is 4.54. The van der Waals surface area contributed by atoms with Crippen LogP contribution in [0.25, 0.3) is 0 Å². The lowest BCUT2D eigenvalue weighted by Gasteiger charge is -2.12. The van der Waals surface area contributed by atoms with Gasteiger partial charge in [-0.1, -0.05) is 28.1 Å². The molecule has 1 heterocycles. The molecule has 0 saturated heterocycles. The second-order valence-corrected chi connectivity index (χ2v) is 8.99. The first-order valence-electron chi connectivity index (χ1n) is 9.19. The molecule has 30 heavy (non-hydrogen) atoms. The van der Waals surface area contributed by atoms with E-state index in [9.17, 15) is 13.2 Å². The molecule has 10 heteroatoms. The normalized spacial score (nSPS) is 15.4. The van der Waals surface area contributed by atoms with Crippen molar-refractivity contribution >= 4 is 37.7 Å². The second kappa shape index (κ2) is 9.48. The first-order valence-corrected chi connectivity index (χ1v) is 11.5. The maximum Gasteiger partial charge on any atom is 0.263 e. The Bertz CT molecular complexity index is 1090. The molecule has 0 unspecified atom stereocenters. The van der Waals surface area contributed by atoms with E-state index in [0.717, 1.165) is 10.0 Å². The maximum absolute atomic E-state index is 12.1. The van der Waals surface area contributed by atoms with Crippen LogP contribution in [0, 0.1) is 0 Å². The fraction of sp³-hybridized carbons (Fsp3) is 0.300. The van der Waals surface area contributed by atoms with Crippen molar-refractivity contribution < 1.29 is 22.7 Å². The highest BCUT2D eigenvalue weighted by atomic mass is 79.9. The molecule has 160 valence electrons. The SMILES string of the molecule is COc1cc(Br)c(CCNC(=O)CCN=C2NS(=O)(=O)c3ccccc32)cc1OC. The van der Waals surface area contributed by atoms with Crippen molar-refractivity contribution in [3.05, 3.63) is 52.0 Å². The monoisotopic (exact) mass is 495 g/mol. The van der Waals surface area contributed by atoms with Gasteiger partial charge in [0.1, 0.15) is 5.84 Å². The summed E-state index contributed by atoms with van der Waals surface area (Å²) in [5.41, 5.74) is 1.50. The molecule has 0 atom stereocenters. The molecule has 0 saturated carbocycles. The van der Waals surface area contributed by atoms with Crippen molar-refractivity contribution in [1.82, 2.24) is 10.0 Å². The number of aliphatic imine (C=N–C) groups is 1. The lowest BCUT2D eigenvalue weighted by Crippen LogP contribution is -2.27. The van der Waals surface area contributed by atoms with Crippen LogP contribution in [0.1, 0.15) is 17.5 Å². The minimum absolute atomic E-state index is 0.153. The van der Waals surface area contributed by atoms with Gasteiger partial charge in [0.2, 0.25) is 5.91 Å². The quantitative estimate of drug-likeness (QED) is 0.584. The lowest BCUT2D eigenvalue weighted by molar-refractivity contribution is -0.120. The lowest BCUT2D eigenvalue weighted by atomic mass is 10.1. The molecule has 3 rings (SSSR count). The van der Waals surface area contributed by atoms with Crippen LogP contribution in [0.4, 0.5) is 0 Å². The molecule has 0 bridgehead atoms. The van der Waals surface area contributed by atoms with Gasteiger partial charge in [-0.15, -0.1) is 0 Å². The van der Waals surface area contributed by atoms with Crippen molar-refractivity contribution in [1.29, 1.82) is 0 Å². The largest absolute Gasteiger partial charge is 0.493 e. The van der Waals surface area contributed by atoms with Crippen molar-refractivity contribution in [2.45, 2.75) is 17.7 Å². The summed E-state index contributed by atoms with van der Waals surface area (Å²) in [6.07, 6.45) is 0.759. The molecule has 0 aromatic heterocycles. The van der Waals surface area contributed by atoms with Gasteiger partial charge in [-0.2, -0.15) is 0 Å². The summed E-state index contributed by atoms with van der Waals surface area (Å²) in [5.74, 6) is 1.36. The minimum Gasteiger partial charge on any atom is -0.493 e. The summed E-state index contributed by atoms with van der Waals surface area (Å²) >= 11 is 3.50. The molecule has 2 aromatic carbocycles. The zero-order valence-electron chi connectivity index (χ0n) is 16.6. The molecule has 0 fully saturated rings. The molecule has 2 N–H and O–H groups in total. The van der Waals surface area contributed by atoms with Crippen molar-refractivity contribution in [3.63, 3.8) is 0 Å². The number of carbonyl (C=O) groups is 1. The van der Waals surface area contributed by atoms with E-state index >= 15 is 0 Å². The first kappa shape index (κ1) is 22.1. The van der Waals surface area contributed by atoms with Crippen LogP contribution in [0.3, 0.4) is 0 Å². The molecular formula is C20H22BrN3O5S. The highest BCUT2D eigenvalue weighted by Crippen LogP contribution is 2.33. The number of rotatable bonds is 8. The third-order valence-corrected chi connectivity index (χ3v) is 6.68. The van der Waals surface area contributed by atoms with Crippen LogP contribution < -0.4 is 19.5 Å². The molecule has 1 aliphatic heterocycles. The Morgan fingerprint density at radius 2 is 1.87 bits per heavy atom. The van der Waals surface area contributed by atoms with Gasteiger partial charge >= 0.3 is 0 Å². The summed E-state index contributed by atoms with van der Waals surface area (Å²) in [5, 5.41) is 2.85. The van der Waals surface area contributed by atoms with Crippen LogP contribution in [-0.2, 0) is 21.2 Å². The number of hydrogen-bond donors (Lipinski definition) is 2. The Labute approximate surface area is 183 Å². The molecule has 2 aromatic rings. The van der Waals surface area contributed by atoms with Gasteiger partial charge in [0.15, 0.2) is 11.5 Å². The molecule has 1 aliphatic rings. The van der Waals surface area contributed by atoms with Gasteiger partial charge in [0.25, 0.3) is 10.0 Å². The summed E-state index contributed by atoms with van der Waals surface area (Å²) in [4.78, 5) is 16.6. The first-order chi connectivity index (χ1) is 14.4. The summed E-state index contributed by atoms with van der Waals surface area (Å²) in [6.45, 7) is 0.622. The number of sulfonamides is 1. The van der Waals surface area contributed by atoms with E-state index in [1.807, 2.05) is 12.1 Å². The van der Waals surface area contributed by atoms with E-state index in [-0.39, 0.29) is 29.6 Å². The van der Waals surface area contributed by atoms with Crippen molar-refractivity contribution in [2.24, 2.45) is 4.99 Å². The smallest absolute Gasteiger partial charge is 0.263 e. The maximum atomic E-state index is 12.1. The number of ether oxygens (including phenoxy) is 2. The summed E-state index contributed by atoms with van der Waals surface area (Å²) < 4.78 is 38.0. The van der Waals surface area contributed by atoms with Crippen molar-refractivity contribution in [2.75, 3.05) is 27.3 Å². The Balaban J connectivity index is 1.51. The number of carbonyl (C=O) groups excluding carboxylic acids is 1. The molecule has 1 amide bonds. The second-order valence-electron chi connectivity index (χ2n) is 6.48. The van der Waals surface area contributed by atoms with Gasteiger partial charge in [-0.05, 0) is 36.2 Å². The molecule has 0 aliphatic carbocycles. The molecule has 0 radical (unpaired) electrons. The zero-order valence-corrected chi connectivity index (χ0v) is 19.0. The number of amidine groups is 1. The van der Waals surface area contributed by atoms with Gasteiger partial charge in [0, 0.05) is 23.0 Å². The number of fused-ring (bicyclic) bond motifs is 1. The molecule has 0 spiro atoms. The number of methoxy groups -OCH3 is 2. The summed E-state index contributed by atoms with van der Waals surface area (Å²) in [6, 6.07) is 10.3.